The van der Waals surface area contributed by atoms with E-state index in [1.165, 1.54) is 0 Å². The second kappa shape index (κ2) is 2.43. The molecule has 2 heteroatoms. The highest BCUT2D eigenvalue weighted by Gasteiger charge is 2.35. The molecule has 0 aliphatic carbocycles. The van der Waals surface area contributed by atoms with Gasteiger partial charge >= 0.3 is 0 Å². The Kier molecular flexibility index (Phi) is 2.47. The summed E-state index contributed by atoms with van der Waals surface area (Å²) < 4.78 is 0. The molecule has 1 nitrogen and oxygen atoms in total. The Bertz CT molecular complexity index is 91.6. The fraction of sp³-hybridized carbons (Fsp3) is 0.857. The van der Waals surface area contributed by atoms with Crippen molar-refractivity contribution in [1.29, 1.82) is 0 Å². The van der Waals surface area contributed by atoms with Gasteiger partial charge in [0.2, 0.25) is 0 Å². The minimum absolute atomic E-state index is 0.507. The van der Waals surface area contributed by atoms with E-state index in [1.807, 2.05) is 20.3 Å². The third kappa shape index (κ3) is 2.10. The van der Waals surface area contributed by atoms with Crippen molar-refractivity contribution in [2.45, 2.75) is 38.7 Å². The van der Waals surface area contributed by atoms with Gasteiger partial charge in [-0.15, -0.1) is 0 Å². The Morgan fingerprint density at radius 2 is 1.67 bits per heavy atom. The maximum Gasteiger partial charge on any atom is 0.0820 e. The summed E-state index contributed by atoms with van der Waals surface area (Å²) in [5.74, 6) is 0. The lowest BCUT2D eigenvalue weighted by Crippen LogP contribution is -2.49. The minimum atomic E-state index is -1.38. The Labute approximate surface area is 59.1 Å². The van der Waals surface area contributed by atoms with Crippen molar-refractivity contribution >= 4 is 8.07 Å². The molecule has 1 radical (unpaired) electrons. The van der Waals surface area contributed by atoms with Crippen molar-refractivity contribution < 1.29 is 5.11 Å². The van der Waals surface area contributed by atoms with E-state index in [1.54, 1.807) is 0 Å². The van der Waals surface area contributed by atoms with Gasteiger partial charge in [-0.3, -0.25) is 0 Å². The van der Waals surface area contributed by atoms with Crippen LogP contribution in [-0.4, -0.2) is 18.4 Å². The summed E-state index contributed by atoms with van der Waals surface area (Å²) in [4.78, 5) is 0. The highest BCUT2D eigenvalue weighted by molar-refractivity contribution is 6.79. The molecule has 0 aromatic rings. The fourth-order valence-corrected chi connectivity index (χ4v) is 1.30. The van der Waals surface area contributed by atoms with Crippen molar-refractivity contribution in [3.63, 3.8) is 0 Å². The van der Waals surface area contributed by atoms with Gasteiger partial charge < -0.3 is 5.11 Å². The predicted molar refractivity (Wildman–Crippen MR) is 43.9 cm³/mol. The third-order valence-corrected chi connectivity index (χ3v) is 5.41. The van der Waals surface area contributed by atoms with Gasteiger partial charge in [-0.25, -0.2) is 0 Å². The molecule has 0 heterocycles. The molecule has 1 unspecified atom stereocenters. The zero-order valence-corrected chi connectivity index (χ0v) is 8.02. The molecule has 0 saturated heterocycles. The summed E-state index contributed by atoms with van der Waals surface area (Å²) in [6.07, 6.45) is 1.89. The molecule has 0 amide bonds. The van der Waals surface area contributed by atoms with Crippen LogP contribution in [0.2, 0.25) is 19.6 Å². The summed E-state index contributed by atoms with van der Waals surface area (Å²) in [5, 5.41) is 9.16. The van der Waals surface area contributed by atoms with Crippen LogP contribution in [0.15, 0.2) is 0 Å². The van der Waals surface area contributed by atoms with Crippen molar-refractivity contribution in [2.24, 2.45) is 0 Å². The van der Waals surface area contributed by atoms with Crippen molar-refractivity contribution in [3.8, 4) is 0 Å². The largest absolute Gasteiger partial charge is 0.393 e. The second-order valence-corrected chi connectivity index (χ2v) is 9.20. The van der Waals surface area contributed by atoms with E-state index in [4.69, 9.17) is 0 Å². The summed E-state index contributed by atoms with van der Waals surface area (Å²) in [6, 6.07) is 0. The van der Waals surface area contributed by atoms with Gasteiger partial charge in [0.05, 0.1) is 13.3 Å². The number of aliphatic hydroxyl groups is 1. The molecular formula is C7H17OSi. The molecule has 0 aromatic carbocycles. The van der Waals surface area contributed by atoms with Crippen LogP contribution in [0, 0.1) is 6.42 Å². The van der Waals surface area contributed by atoms with Crippen LogP contribution in [0.1, 0.15) is 13.8 Å². The lowest BCUT2D eigenvalue weighted by atomic mass is 10.3. The van der Waals surface area contributed by atoms with Gasteiger partial charge in [0, 0.05) is 0 Å². The first-order chi connectivity index (χ1) is 3.81. The van der Waals surface area contributed by atoms with E-state index in [9.17, 15) is 5.11 Å². The predicted octanol–water partition coefficient (Wildman–Crippen LogP) is 1.84. The highest BCUT2D eigenvalue weighted by Crippen LogP contribution is 2.21. The fourth-order valence-electron chi connectivity index (χ4n) is 0.433. The summed E-state index contributed by atoms with van der Waals surface area (Å²) in [6.45, 7) is 10.3. The molecule has 0 bridgehead atoms. The summed E-state index contributed by atoms with van der Waals surface area (Å²) in [7, 11) is -1.38. The molecule has 0 spiro atoms. The Hall–Kier alpha value is 0.177. The van der Waals surface area contributed by atoms with Crippen LogP contribution in [-0.2, 0) is 0 Å². The first-order valence-electron chi connectivity index (χ1n) is 3.34. The van der Waals surface area contributed by atoms with E-state index in [0.717, 1.165) is 0 Å². The molecule has 0 aromatic heterocycles. The van der Waals surface area contributed by atoms with Crippen LogP contribution in [0.4, 0.5) is 0 Å². The normalized spacial score (nSPS) is 19.3. The molecule has 9 heavy (non-hydrogen) atoms. The van der Waals surface area contributed by atoms with Crippen LogP contribution in [0.3, 0.4) is 0 Å². The summed E-state index contributed by atoms with van der Waals surface area (Å²) >= 11 is 0. The van der Waals surface area contributed by atoms with Crippen molar-refractivity contribution in [1.82, 2.24) is 0 Å². The van der Waals surface area contributed by atoms with Crippen molar-refractivity contribution in [2.75, 3.05) is 0 Å². The first-order valence-corrected chi connectivity index (χ1v) is 6.84. The molecule has 0 saturated carbocycles. The monoisotopic (exact) mass is 145 g/mol. The van der Waals surface area contributed by atoms with Crippen LogP contribution >= 0.6 is 0 Å². The lowest BCUT2D eigenvalue weighted by molar-refractivity contribution is 0.170. The SMILES string of the molecule is C[CH]C(C)(O)[Si](C)(C)C. The third-order valence-electron chi connectivity index (χ3n) is 2.08. The quantitative estimate of drug-likeness (QED) is 0.588. The van der Waals surface area contributed by atoms with E-state index in [2.05, 4.69) is 19.6 Å². The van der Waals surface area contributed by atoms with Gasteiger partial charge in [-0.05, 0) is 13.3 Å². The zero-order valence-electron chi connectivity index (χ0n) is 7.02. The molecular weight excluding hydrogens is 128 g/mol. The lowest BCUT2D eigenvalue weighted by Gasteiger charge is -2.34. The van der Waals surface area contributed by atoms with Crippen LogP contribution < -0.4 is 0 Å². The molecule has 1 atom stereocenters. The van der Waals surface area contributed by atoms with Crippen LogP contribution in [0.5, 0.6) is 0 Å². The van der Waals surface area contributed by atoms with E-state index in [-0.39, 0.29) is 0 Å². The number of rotatable bonds is 2. The van der Waals surface area contributed by atoms with E-state index >= 15 is 0 Å². The standard InChI is InChI=1S/C7H17OSi/c1-6-7(2,8)9(3,4)5/h6,8H,1-5H3. The zero-order chi connectivity index (χ0) is 7.71. The maximum atomic E-state index is 9.67. The minimum Gasteiger partial charge on any atom is -0.393 e. The van der Waals surface area contributed by atoms with E-state index < -0.39 is 13.3 Å². The number of hydrogen-bond acceptors (Lipinski definition) is 1. The molecule has 0 fully saturated rings. The molecule has 0 aliphatic rings. The molecule has 0 aliphatic heterocycles. The maximum absolute atomic E-state index is 9.67. The average Bonchev–Trinajstić information content (AvgIpc) is 1.64. The van der Waals surface area contributed by atoms with Gasteiger partial charge in [0.25, 0.3) is 0 Å². The number of hydrogen-bond donors (Lipinski definition) is 1. The van der Waals surface area contributed by atoms with Gasteiger partial charge in [-0.1, -0.05) is 26.6 Å². The van der Waals surface area contributed by atoms with Gasteiger partial charge in [-0.2, -0.15) is 0 Å². The van der Waals surface area contributed by atoms with Gasteiger partial charge in [0.1, 0.15) is 0 Å². The van der Waals surface area contributed by atoms with Gasteiger partial charge in [0.15, 0.2) is 0 Å². The van der Waals surface area contributed by atoms with E-state index in [0.29, 0.717) is 0 Å². The average molecular weight is 145 g/mol. The smallest absolute Gasteiger partial charge is 0.0820 e. The van der Waals surface area contributed by atoms with Crippen molar-refractivity contribution in [3.05, 3.63) is 6.42 Å². The summed E-state index contributed by atoms with van der Waals surface area (Å²) in [5.41, 5.74) is 0. The Morgan fingerprint density at radius 1 is 1.33 bits per heavy atom. The second-order valence-electron chi connectivity index (χ2n) is 3.69. The highest BCUT2D eigenvalue weighted by atomic mass is 28.3. The first kappa shape index (κ1) is 9.18. The molecule has 1 N–H and O–H groups in total. The Balaban J connectivity index is 4.14. The molecule has 0 rings (SSSR count). The topological polar surface area (TPSA) is 20.2 Å². The Morgan fingerprint density at radius 3 is 1.67 bits per heavy atom. The molecule has 55 valence electrons. The van der Waals surface area contributed by atoms with Crippen LogP contribution in [0.25, 0.3) is 0 Å².